The van der Waals surface area contributed by atoms with Gasteiger partial charge in [0.25, 0.3) is 5.91 Å². The molecule has 0 unspecified atom stereocenters. The zero-order valence-corrected chi connectivity index (χ0v) is 16.2. The predicted octanol–water partition coefficient (Wildman–Crippen LogP) is 3.01. The molecule has 6 heteroatoms. The second kappa shape index (κ2) is 10.4. The molecular weight excluding hydrogens is 396 g/mol. The Morgan fingerprint density at radius 2 is 1.65 bits per heavy atom. The van der Waals surface area contributed by atoms with Gasteiger partial charge in [-0.1, -0.05) is 64.8 Å². The molecule has 2 aromatic carbocycles. The van der Waals surface area contributed by atoms with Crippen molar-refractivity contribution in [3.05, 3.63) is 70.2 Å². The number of amides is 1. The van der Waals surface area contributed by atoms with Crippen molar-refractivity contribution in [3.63, 3.8) is 0 Å². The molecule has 0 bridgehead atoms. The molecule has 0 saturated heterocycles. The molecular formula is C20H25BrN2O3. The van der Waals surface area contributed by atoms with Crippen LogP contribution in [0.25, 0.3) is 0 Å². The van der Waals surface area contributed by atoms with Gasteiger partial charge in [0.2, 0.25) is 5.91 Å². The van der Waals surface area contributed by atoms with Crippen molar-refractivity contribution in [3.8, 4) is 0 Å². The van der Waals surface area contributed by atoms with Gasteiger partial charge >= 0.3 is 0 Å². The number of carbonyl (C=O) groups is 1. The zero-order valence-electron chi connectivity index (χ0n) is 14.6. The first-order valence-electron chi connectivity index (χ1n) is 8.74. The Morgan fingerprint density at radius 1 is 0.962 bits per heavy atom. The van der Waals surface area contributed by atoms with E-state index >= 15 is 0 Å². The van der Waals surface area contributed by atoms with Gasteiger partial charge < -0.3 is 15.5 Å². The number of carbonyl (C=O) groups excluding carboxylic acids is 1. The monoisotopic (exact) mass is 420 g/mol. The summed E-state index contributed by atoms with van der Waals surface area (Å²) in [6.45, 7) is 1.00. The first kappa shape index (κ1) is 20.6. The molecule has 0 fully saturated rings. The van der Waals surface area contributed by atoms with Crippen LogP contribution in [-0.4, -0.2) is 22.7 Å². The fourth-order valence-electron chi connectivity index (χ4n) is 2.52. The lowest BCUT2D eigenvalue weighted by atomic mass is 10.1. The molecule has 26 heavy (non-hydrogen) atoms. The Hall–Kier alpha value is -1.73. The molecule has 140 valence electrons. The molecule has 0 aliphatic heterocycles. The Kier molecular flexibility index (Phi) is 8.25. The van der Waals surface area contributed by atoms with Crippen LogP contribution in [0.5, 0.6) is 0 Å². The highest BCUT2D eigenvalue weighted by atomic mass is 79.9. The first-order valence-corrected chi connectivity index (χ1v) is 9.53. The van der Waals surface area contributed by atoms with Gasteiger partial charge in [0, 0.05) is 29.5 Å². The summed E-state index contributed by atoms with van der Waals surface area (Å²) in [5.41, 5.74) is 1.47. The maximum absolute atomic E-state index is 11.8. The van der Waals surface area contributed by atoms with Crippen LogP contribution in [0.2, 0.25) is 0 Å². The van der Waals surface area contributed by atoms with E-state index < -0.39 is 5.91 Å². The largest absolute Gasteiger partial charge is 0.352 e. The van der Waals surface area contributed by atoms with Crippen LogP contribution in [-0.2, 0) is 17.3 Å². The lowest BCUT2D eigenvalue weighted by Gasteiger charge is -2.23. The fraction of sp³-hybridized carbons (Fsp3) is 0.350. The van der Waals surface area contributed by atoms with Gasteiger partial charge in [-0.2, -0.15) is 0 Å². The van der Waals surface area contributed by atoms with Crippen molar-refractivity contribution in [2.24, 2.45) is 0 Å². The number of nitrogens with one attached hydrogen (secondary N) is 2. The number of hydrogen-bond acceptors (Lipinski definition) is 4. The van der Waals surface area contributed by atoms with E-state index in [0.717, 1.165) is 29.3 Å². The molecule has 2 rings (SSSR count). The van der Waals surface area contributed by atoms with E-state index in [1.165, 1.54) is 0 Å². The Labute approximate surface area is 162 Å². The van der Waals surface area contributed by atoms with Crippen molar-refractivity contribution >= 4 is 21.8 Å². The van der Waals surface area contributed by atoms with Crippen molar-refractivity contribution in [1.82, 2.24) is 10.6 Å². The molecule has 1 amide bonds. The third kappa shape index (κ3) is 7.25. The molecule has 4 N–H and O–H groups in total. The van der Waals surface area contributed by atoms with Crippen LogP contribution >= 0.6 is 15.9 Å². The lowest BCUT2D eigenvalue weighted by molar-refractivity contribution is -0.194. The van der Waals surface area contributed by atoms with Crippen LogP contribution in [0, 0.1) is 0 Å². The second-order valence-corrected chi connectivity index (χ2v) is 7.09. The van der Waals surface area contributed by atoms with Crippen LogP contribution in [0.15, 0.2) is 59.1 Å². The van der Waals surface area contributed by atoms with Crippen molar-refractivity contribution in [1.29, 1.82) is 0 Å². The third-order valence-electron chi connectivity index (χ3n) is 4.03. The quantitative estimate of drug-likeness (QED) is 0.351. The Bertz CT molecular complexity index is 675. The number of aliphatic hydroxyl groups is 2. The second-order valence-electron chi connectivity index (χ2n) is 6.18. The van der Waals surface area contributed by atoms with E-state index in [1.54, 1.807) is 24.3 Å². The Morgan fingerprint density at radius 3 is 2.35 bits per heavy atom. The first-order chi connectivity index (χ1) is 12.5. The van der Waals surface area contributed by atoms with Crippen LogP contribution in [0.3, 0.4) is 0 Å². The standard InChI is InChI=1S/C20H25BrN2O3/c21-18-12-10-17(11-13-18)20(25,26)23-14-6-2-5-9-19(24)22-15-16-7-3-1-4-8-16/h1,3-4,7-8,10-13,23,25-26H,2,5-6,9,14-15H2,(H,22,24). The number of rotatable bonds is 10. The number of unbranched alkanes of at least 4 members (excludes halogenated alkanes) is 2. The summed E-state index contributed by atoms with van der Waals surface area (Å²) in [4.78, 5) is 11.8. The third-order valence-corrected chi connectivity index (χ3v) is 4.56. The molecule has 0 aliphatic rings. The summed E-state index contributed by atoms with van der Waals surface area (Å²) in [6.07, 6.45) is 2.83. The lowest BCUT2D eigenvalue weighted by Crippen LogP contribution is -2.42. The molecule has 0 radical (unpaired) electrons. The highest BCUT2D eigenvalue weighted by Crippen LogP contribution is 2.18. The maximum Gasteiger partial charge on any atom is 0.250 e. The SMILES string of the molecule is O=C(CCCCCNC(O)(O)c1ccc(Br)cc1)NCc1ccccc1. The number of benzene rings is 2. The molecule has 0 aliphatic carbocycles. The number of hydrogen-bond donors (Lipinski definition) is 4. The molecule has 0 atom stereocenters. The highest BCUT2D eigenvalue weighted by Gasteiger charge is 2.24. The minimum Gasteiger partial charge on any atom is -0.352 e. The minimum absolute atomic E-state index is 0.0373. The molecule has 0 spiro atoms. The summed E-state index contributed by atoms with van der Waals surface area (Å²) < 4.78 is 0.877. The zero-order chi connectivity index (χ0) is 18.8. The van der Waals surface area contributed by atoms with Crippen molar-refractivity contribution in [2.45, 2.75) is 38.1 Å². The van der Waals surface area contributed by atoms with Crippen LogP contribution < -0.4 is 10.6 Å². The van der Waals surface area contributed by atoms with Gasteiger partial charge in [-0.3, -0.25) is 10.1 Å². The van der Waals surface area contributed by atoms with Crippen molar-refractivity contribution < 1.29 is 15.0 Å². The molecule has 0 saturated carbocycles. The molecule has 5 nitrogen and oxygen atoms in total. The van der Waals surface area contributed by atoms with E-state index in [1.807, 2.05) is 30.3 Å². The summed E-state index contributed by atoms with van der Waals surface area (Å²) in [5.74, 6) is -2.01. The van der Waals surface area contributed by atoms with E-state index in [9.17, 15) is 15.0 Å². The molecule has 0 heterocycles. The smallest absolute Gasteiger partial charge is 0.250 e. The average Bonchev–Trinajstić information content (AvgIpc) is 2.64. The topological polar surface area (TPSA) is 81.6 Å². The van der Waals surface area contributed by atoms with Gasteiger partial charge in [0.1, 0.15) is 0 Å². The summed E-state index contributed by atoms with van der Waals surface area (Å²) in [6, 6.07) is 16.6. The van der Waals surface area contributed by atoms with Gasteiger partial charge in [0.15, 0.2) is 0 Å². The van der Waals surface area contributed by atoms with E-state index in [0.29, 0.717) is 25.1 Å². The summed E-state index contributed by atoms with van der Waals surface area (Å²) in [5, 5.41) is 25.8. The van der Waals surface area contributed by atoms with E-state index in [2.05, 4.69) is 26.6 Å². The van der Waals surface area contributed by atoms with Crippen LogP contribution in [0.1, 0.15) is 36.8 Å². The summed E-state index contributed by atoms with van der Waals surface area (Å²) in [7, 11) is 0. The molecule has 0 aromatic heterocycles. The Balaban J connectivity index is 1.57. The van der Waals surface area contributed by atoms with E-state index in [-0.39, 0.29) is 5.91 Å². The fourth-order valence-corrected chi connectivity index (χ4v) is 2.78. The number of halogens is 1. The normalized spacial score (nSPS) is 11.3. The summed E-state index contributed by atoms with van der Waals surface area (Å²) >= 11 is 3.31. The predicted molar refractivity (Wildman–Crippen MR) is 105 cm³/mol. The van der Waals surface area contributed by atoms with Gasteiger partial charge in [0.05, 0.1) is 0 Å². The van der Waals surface area contributed by atoms with Gasteiger partial charge in [-0.25, -0.2) is 0 Å². The maximum atomic E-state index is 11.8. The van der Waals surface area contributed by atoms with E-state index in [4.69, 9.17) is 0 Å². The molecule has 2 aromatic rings. The highest BCUT2D eigenvalue weighted by molar-refractivity contribution is 9.10. The van der Waals surface area contributed by atoms with Gasteiger partial charge in [-0.15, -0.1) is 0 Å². The van der Waals surface area contributed by atoms with Crippen molar-refractivity contribution in [2.75, 3.05) is 6.54 Å². The van der Waals surface area contributed by atoms with Crippen LogP contribution in [0.4, 0.5) is 0 Å². The van der Waals surface area contributed by atoms with Gasteiger partial charge in [-0.05, 0) is 30.5 Å². The average molecular weight is 421 g/mol. The minimum atomic E-state index is -2.05.